The highest BCUT2D eigenvalue weighted by molar-refractivity contribution is 7.08. The zero-order valence-electron chi connectivity index (χ0n) is 11.2. The van der Waals surface area contributed by atoms with Gasteiger partial charge < -0.3 is 15.9 Å². The van der Waals surface area contributed by atoms with Crippen LogP contribution in [0.1, 0.15) is 12.5 Å². The third-order valence-corrected chi connectivity index (χ3v) is 3.31. The topological polar surface area (TPSA) is 76.7 Å². The predicted octanol–water partition coefficient (Wildman–Crippen LogP) is 2.55. The lowest BCUT2D eigenvalue weighted by atomic mass is 10.3. The van der Waals surface area contributed by atoms with Crippen LogP contribution in [0.2, 0.25) is 0 Å². The van der Waals surface area contributed by atoms with E-state index in [9.17, 15) is 9.18 Å². The summed E-state index contributed by atoms with van der Waals surface area (Å²) in [6.45, 7) is 1.50. The predicted molar refractivity (Wildman–Crippen MR) is 80.6 cm³/mol. The highest BCUT2D eigenvalue weighted by atomic mass is 32.1. The second kappa shape index (κ2) is 6.85. The fourth-order valence-electron chi connectivity index (χ4n) is 1.44. The Labute approximate surface area is 125 Å². The molecule has 0 aliphatic rings. The summed E-state index contributed by atoms with van der Waals surface area (Å²) in [5, 5.41) is 9.78. The molecule has 0 saturated heterocycles. The van der Waals surface area contributed by atoms with Gasteiger partial charge in [0.15, 0.2) is 5.84 Å². The zero-order valence-corrected chi connectivity index (χ0v) is 12.1. The first-order valence-corrected chi connectivity index (χ1v) is 7.09. The molecule has 3 N–H and O–H groups in total. The number of carbonyl (C=O) groups excluding carboxylic acids is 1. The van der Waals surface area contributed by atoms with Crippen LogP contribution in [-0.2, 0) is 9.63 Å². The Bertz CT molecular complexity index is 643. The molecule has 0 bridgehead atoms. The summed E-state index contributed by atoms with van der Waals surface area (Å²) in [5.41, 5.74) is 6.52. The molecule has 0 aliphatic heterocycles. The molecule has 21 heavy (non-hydrogen) atoms. The number of amides is 1. The van der Waals surface area contributed by atoms with E-state index in [0.717, 1.165) is 5.56 Å². The average Bonchev–Trinajstić information content (AvgIpc) is 3.01. The minimum atomic E-state index is -0.901. The average molecular weight is 307 g/mol. The number of halogens is 1. The first kappa shape index (κ1) is 15.0. The Morgan fingerprint density at radius 1 is 1.43 bits per heavy atom. The number of benzene rings is 1. The largest absolute Gasteiger partial charge is 0.381 e. The minimum absolute atomic E-state index is 0.0905. The molecular formula is C14H14FN3O2S. The maximum absolute atomic E-state index is 13.4. The molecule has 1 atom stereocenters. The Morgan fingerprint density at radius 2 is 2.19 bits per heavy atom. The van der Waals surface area contributed by atoms with E-state index in [-0.39, 0.29) is 11.5 Å². The Hall–Kier alpha value is -2.41. The molecule has 0 radical (unpaired) electrons. The van der Waals surface area contributed by atoms with Crippen molar-refractivity contribution in [3.8, 4) is 0 Å². The molecule has 1 amide bonds. The van der Waals surface area contributed by atoms with Gasteiger partial charge in [-0.2, -0.15) is 11.3 Å². The van der Waals surface area contributed by atoms with Gasteiger partial charge in [0.25, 0.3) is 5.91 Å². The van der Waals surface area contributed by atoms with Gasteiger partial charge in [-0.05, 0) is 30.5 Å². The first-order valence-electron chi connectivity index (χ1n) is 6.15. The van der Waals surface area contributed by atoms with Crippen molar-refractivity contribution in [2.24, 2.45) is 10.9 Å². The standard InChI is InChI=1S/C14H14FN3O2S/c1-9(20-18-13(16)10-6-7-21-8-10)14(19)17-12-5-3-2-4-11(12)15/h2-9H,1H3,(H2,16,18)(H,17,19). The summed E-state index contributed by atoms with van der Waals surface area (Å²) in [5.74, 6) is -0.844. The summed E-state index contributed by atoms with van der Waals surface area (Å²) in [6.07, 6.45) is -0.901. The van der Waals surface area contributed by atoms with Crippen molar-refractivity contribution in [3.05, 3.63) is 52.5 Å². The van der Waals surface area contributed by atoms with Crippen LogP contribution in [0.25, 0.3) is 0 Å². The monoisotopic (exact) mass is 307 g/mol. The molecule has 5 nitrogen and oxygen atoms in total. The highest BCUT2D eigenvalue weighted by Gasteiger charge is 2.16. The van der Waals surface area contributed by atoms with Crippen molar-refractivity contribution < 1.29 is 14.0 Å². The highest BCUT2D eigenvalue weighted by Crippen LogP contribution is 2.13. The molecule has 7 heteroatoms. The Morgan fingerprint density at radius 3 is 2.86 bits per heavy atom. The van der Waals surface area contributed by atoms with Crippen LogP contribution in [0.3, 0.4) is 0 Å². The van der Waals surface area contributed by atoms with Crippen LogP contribution >= 0.6 is 11.3 Å². The van der Waals surface area contributed by atoms with Gasteiger partial charge in [-0.3, -0.25) is 4.79 Å². The molecule has 1 unspecified atom stereocenters. The van der Waals surface area contributed by atoms with E-state index in [1.54, 1.807) is 12.1 Å². The number of carbonyl (C=O) groups is 1. The number of hydrogen-bond donors (Lipinski definition) is 2. The normalized spacial score (nSPS) is 12.8. The summed E-state index contributed by atoms with van der Waals surface area (Å²) in [7, 11) is 0. The summed E-state index contributed by atoms with van der Waals surface area (Å²) >= 11 is 1.47. The van der Waals surface area contributed by atoms with E-state index in [1.807, 2.05) is 10.8 Å². The van der Waals surface area contributed by atoms with Crippen LogP contribution < -0.4 is 11.1 Å². The minimum Gasteiger partial charge on any atom is -0.381 e. The number of amidine groups is 1. The molecule has 2 aromatic rings. The zero-order chi connectivity index (χ0) is 15.2. The number of para-hydroxylation sites is 1. The number of nitrogens with zero attached hydrogens (tertiary/aromatic N) is 1. The molecule has 0 aliphatic carbocycles. The fourth-order valence-corrected chi connectivity index (χ4v) is 2.09. The van der Waals surface area contributed by atoms with Crippen LogP contribution in [-0.4, -0.2) is 17.8 Å². The van der Waals surface area contributed by atoms with Crippen molar-refractivity contribution >= 4 is 28.8 Å². The summed E-state index contributed by atoms with van der Waals surface area (Å²) in [6, 6.07) is 7.67. The molecule has 1 heterocycles. The number of hydrogen-bond acceptors (Lipinski definition) is 4. The second-order valence-electron chi connectivity index (χ2n) is 4.21. The van der Waals surface area contributed by atoms with Crippen LogP contribution in [0.4, 0.5) is 10.1 Å². The molecule has 1 aromatic heterocycles. The Kier molecular flexibility index (Phi) is 4.89. The van der Waals surface area contributed by atoms with Crippen LogP contribution in [0.5, 0.6) is 0 Å². The van der Waals surface area contributed by atoms with Crippen molar-refractivity contribution in [2.45, 2.75) is 13.0 Å². The first-order chi connectivity index (χ1) is 10.1. The van der Waals surface area contributed by atoms with Gasteiger partial charge in [-0.25, -0.2) is 4.39 Å². The molecule has 0 fully saturated rings. The summed E-state index contributed by atoms with van der Waals surface area (Å²) < 4.78 is 13.4. The molecule has 0 spiro atoms. The van der Waals surface area contributed by atoms with Crippen molar-refractivity contribution in [3.63, 3.8) is 0 Å². The molecule has 2 rings (SSSR count). The van der Waals surface area contributed by atoms with Crippen LogP contribution in [0, 0.1) is 5.82 Å². The molecule has 1 aromatic carbocycles. The number of nitrogens with one attached hydrogen (secondary N) is 1. The van der Waals surface area contributed by atoms with Gasteiger partial charge in [0.05, 0.1) is 5.69 Å². The van der Waals surface area contributed by atoms with Crippen LogP contribution in [0.15, 0.2) is 46.2 Å². The fraction of sp³-hybridized carbons (Fsp3) is 0.143. The maximum Gasteiger partial charge on any atom is 0.268 e. The number of nitrogens with two attached hydrogens (primary N) is 1. The van der Waals surface area contributed by atoms with E-state index in [1.165, 1.54) is 36.5 Å². The van der Waals surface area contributed by atoms with Crippen molar-refractivity contribution in [1.82, 2.24) is 0 Å². The van der Waals surface area contributed by atoms with E-state index < -0.39 is 17.8 Å². The lowest BCUT2D eigenvalue weighted by Crippen LogP contribution is -2.27. The molecular weight excluding hydrogens is 293 g/mol. The number of rotatable bonds is 5. The molecule has 110 valence electrons. The van der Waals surface area contributed by atoms with Gasteiger partial charge >= 0.3 is 0 Å². The van der Waals surface area contributed by atoms with E-state index in [4.69, 9.17) is 10.6 Å². The summed E-state index contributed by atoms with van der Waals surface area (Å²) in [4.78, 5) is 16.9. The number of thiophene rings is 1. The molecule has 0 saturated carbocycles. The van der Waals surface area contributed by atoms with E-state index in [2.05, 4.69) is 10.5 Å². The lowest BCUT2D eigenvalue weighted by molar-refractivity contribution is -0.126. The van der Waals surface area contributed by atoms with Crippen molar-refractivity contribution in [2.75, 3.05) is 5.32 Å². The van der Waals surface area contributed by atoms with Gasteiger partial charge in [0.1, 0.15) is 5.82 Å². The van der Waals surface area contributed by atoms with Gasteiger partial charge in [-0.15, -0.1) is 0 Å². The number of oxime groups is 1. The van der Waals surface area contributed by atoms with E-state index in [0.29, 0.717) is 0 Å². The van der Waals surface area contributed by atoms with Gasteiger partial charge in [-0.1, -0.05) is 17.3 Å². The van der Waals surface area contributed by atoms with E-state index >= 15 is 0 Å². The number of anilines is 1. The lowest BCUT2D eigenvalue weighted by Gasteiger charge is -2.11. The third kappa shape index (κ3) is 4.03. The third-order valence-electron chi connectivity index (χ3n) is 2.63. The maximum atomic E-state index is 13.4. The van der Waals surface area contributed by atoms with Gasteiger partial charge in [0.2, 0.25) is 6.10 Å². The SMILES string of the molecule is CC(O/N=C(\N)c1ccsc1)C(=O)Nc1ccccc1F. The smallest absolute Gasteiger partial charge is 0.268 e. The second-order valence-corrected chi connectivity index (χ2v) is 4.99. The Balaban J connectivity index is 1.94. The quantitative estimate of drug-likeness (QED) is 0.506. The van der Waals surface area contributed by atoms with Gasteiger partial charge in [0, 0.05) is 10.9 Å². The van der Waals surface area contributed by atoms with Crippen molar-refractivity contribution in [1.29, 1.82) is 0 Å².